The van der Waals surface area contributed by atoms with Gasteiger partial charge in [0, 0.05) is 12.8 Å². The van der Waals surface area contributed by atoms with Crippen LogP contribution in [0.25, 0.3) is 0 Å². The second-order valence-electron chi connectivity index (χ2n) is 5.46. The Morgan fingerprint density at radius 1 is 1.44 bits per heavy atom. The molecule has 5 heteroatoms. The van der Waals surface area contributed by atoms with E-state index in [0.29, 0.717) is 17.9 Å². The minimum absolute atomic E-state index is 0.318. The van der Waals surface area contributed by atoms with E-state index in [4.69, 9.17) is 9.47 Å². The summed E-state index contributed by atoms with van der Waals surface area (Å²) in [7, 11) is 1.53. The Labute approximate surface area is 108 Å². The molecule has 0 aromatic rings. The molecule has 1 heterocycles. The van der Waals surface area contributed by atoms with Crippen LogP contribution in [0.3, 0.4) is 0 Å². The first-order valence-electron chi connectivity index (χ1n) is 5.80. The van der Waals surface area contributed by atoms with Crippen LogP contribution in [0.2, 0.25) is 0 Å². The third kappa shape index (κ3) is 2.85. The van der Waals surface area contributed by atoms with Crippen molar-refractivity contribution in [2.45, 2.75) is 39.0 Å². The Balaban J connectivity index is 2.99. The van der Waals surface area contributed by atoms with Crippen LogP contribution < -0.4 is 5.32 Å². The van der Waals surface area contributed by atoms with Crippen LogP contribution in [0.5, 0.6) is 0 Å². The Kier molecular flexibility index (Phi) is 3.76. The van der Waals surface area contributed by atoms with Crippen LogP contribution in [0, 0.1) is 0 Å². The number of nitrogens with zero attached hydrogens (tertiary/aromatic N) is 1. The zero-order valence-corrected chi connectivity index (χ0v) is 11.8. The van der Waals surface area contributed by atoms with E-state index in [1.54, 1.807) is 6.92 Å². The number of nitrogens with one attached hydrogen (secondary N) is 1. The SMILES string of the molecule is C=C1CN(C(=O)OC(C)(C)C)C(C)(OC)C(=C)N1. The van der Waals surface area contributed by atoms with Crippen molar-refractivity contribution in [2.75, 3.05) is 13.7 Å². The number of rotatable bonds is 1. The summed E-state index contributed by atoms with van der Waals surface area (Å²) in [6.07, 6.45) is -0.448. The molecule has 5 nitrogen and oxygen atoms in total. The van der Waals surface area contributed by atoms with Crippen molar-refractivity contribution in [3.63, 3.8) is 0 Å². The topological polar surface area (TPSA) is 50.8 Å². The summed E-state index contributed by atoms with van der Waals surface area (Å²) >= 11 is 0. The van der Waals surface area contributed by atoms with Crippen molar-refractivity contribution in [1.82, 2.24) is 10.2 Å². The smallest absolute Gasteiger partial charge is 0.413 e. The standard InChI is InChI=1S/C13H22N2O3/c1-9-8-15(11(16)18-12(3,4)5)13(6,17-7)10(2)14-9/h14H,1-2,8H2,3-7H3. The zero-order chi connectivity index (χ0) is 14.1. The van der Waals surface area contributed by atoms with Gasteiger partial charge >= 0.3 is 6.09 Å². The minimum Gasteiger partial charge on any atom is -0.444 e. The average Bonchev–Trinajstić information content (AvgIpc) is 2.20. The maximum absolute atomic E-state index is 12.2. The van der Waals surface area contributed by atoms with Crippen molar-refractivity contribution in [2.24, 2.45) is 0 Å². The van der Waals surface area contributed by atoms with Crippen LogP contribution >= 0.6 is 0 Å². The molecule has 0 aliphatic carbocycles. The number of piperazine rings is 1. The molecule has 1 fully saturated rings. The molecule has 0 aromatic heterocycles. The third-order valence-electron chi connectivity index (χ3n) is 2.76. The summed E-state index contributed by atoms with van der Waals surface area (Å²) in [6.45, 7) is 15.2. The van der Waals surface area contributed by atoms with Gasteiger partial charge in [-0.2, -0.15) is 0 Å². The minimum atomic E-state index is -0.941. The van der Waals surface area contributed by atoms with E-state index in [1.165, 1.54) is 12.0 Å². The van der Waals surface area contributed by atoms with Gasteiger partial charge in [0.1, 0.15) is 5.60 Å². The quantitative estimate of drug-likeness (QED) is 0.779. The molecule has 102 valence electrons. The number of hydrogen-bond donors (Lipinski definition) is 1. The van der Waals surface area contributed by atoms with Crippen molar-refractivity contribution in [3.8, 4) is 0 Å². The molecule has 0 radical (unpaired) electrons. The summed E-state index contributed by atoms with van der Waals surface area (Å²) < 4.78 is 10.8. The van der Waals surface area contributed by atoms with E-state index in [-0.39, 0.29) is 0 Å². The molecule has 1 unspecified atom stereocenters. The van der Waals surface area contributed by atoms with E-state index >= 15 is 0 Å². The van der Waals surface area contributed by atoms with Gasteiger partial charge in [-0.25, -0.2) is 4.79 Å². The van der Waals surface area contributed by atoms with Crippen LogP contribution in [-0.2, 0) is 9.47 Å². The monoisotopic (exact) mass is 254 g/mol. The Morgan fingerprint density at radius 3 is 2.44 bits per heavy atom. The van der Waals surface area contributed by atoms with Crippen molar-refractivity contribution >= 4 is 6.09 Å². The van der Waals surface area contributed by atoms with E-state index < -0.39 is 17.4 Å². The fourth-order valence-electron chi connectivity index (χ4n) is 1.66. The molecule has 1 aliphatic heterocycles. The Morgan fingerprint density at radius 2 is 2.00 bits per heavy atom. The van der Waals surface area contributed by atoms with Crippen molar-refractivity contribution < 1.29 is 14.3 Å². The fraction of sp³-hybridized carbons (Fsp3) is 0.615. The summed E-state index contributed by atoms with van der Waals surface area (Å²) in [6, 6.07) is 0. The average molecular weight is 254 g/mol. The molecule has 1 aliphatic rings. The molecule has 1 saturated heterocycles. The van der Waals surface area contributed by atoms with Crippen molar-refractivity contribution in [1.29, 1.82) is 0 Å². The molecule has 18 heavy (non-hydrogen) atoms. The van der Waals surface area contributed by atoms with Gasteiger partial charge in [0.05, 0.1) is 12.2 Å². The fourth-order valence-corrected chi connectivity index (χ4v) is 1.66. The first-order chi connectivity index (χ1) is 8.10. The van der Waals surface area contributed by atoms with Crippen molar-refractivity contribution in [3.05, 3.63) is 24.6 Å². The number of carbonyl (C=O) groups excluding carboxylic acids is 1. The van der Waals surface area contributed by atoms with Gasteiger partial charge in [-0.15, -0.1) is 0 Å². The lowest BCUT2D eigenvalue weighted by molar-refractivity contribution is -0.101. The lowest BCUT2D eigenvalue weighted by Gasteiger charge is -2.45. The van der Waals surface area contributed by atoms with Crippen LogP contribution in [-0.4, -0.2) is 36.0 Å². The maximum atomic E-state index is 12.2. The molecule has 1 N–H and O–H groups in total. The van der Waals surface area contributed by atoms with Crippen LogP contribution in [0.1, 0.15) is 27.7 Å². The molecular weight excluding hydrogens is 232 g/mol. The molecule has 0 spiro atoms. The second-order valence-corrected chi connectivity index (χ2v) is 5.46. The van der Waals surface area contributed by atoms with Gasteiger partial charge in [-0.1, -0.05) is 13.2 Å². The van der Waals surface area contributed by atoms with E-state index in [2.05, 4.69) is 18.5 Å². The molecule has 1 amide bonds. The number of amides is 1. The molecule has 1 rings (SSSR count). The van der Waals surface area contributed by atoms with Crippen LogP contribution in [0.15, 0.2) is 24.6 Å². The van der Waals surface area contributed by atoms with E-state index in [0.717, 1.165) is 0 Å². The Bertz CT molecular complexity index is 384. The molecular formula is C13H22N2O3. The highest BCUT2D eigenvalue weighted by Gasteiger charge is 2.43. The van der Waals surface area contributed by atoms with Gasteiger partial charge in [0.25, 0.3) is 0 Å². The summed E-state index contributed by atoms with van der Waals surface area (Å²) in [5, 5.41) is 3.01. The number of ether oxygens (including phenoxy) is 2. The first-order valence-corrected chi connectivity index (χ1v) is 5.80. The molecule has 0 aromatic carbocycles. The zero-order valence-electron chi connectivity index (χ0n) is 11.8. The third-order valence-corrected chi connectivity index (χ3v) is 2.76. The van der Waals surface area contributed by atoms with Gasteiger partial charge in [0.15, 0.2) is 5.72 Å². The number of methoxy groups -OCH3 is 1. The van der Waals surface area contributed by atoms with Crippen LogP contribution in [0.4, 0.5) is 4.79 Å². The second kappa shape index (κ2) is 4.65. The van der Waals surface area contributed by atoms with E-state index in [9.17, 15) is 4.79 Å². The van der Waals surface area contributed by atoms with E-state index in [1.807, 2.05) is 20.8 Å². The highest BCUT2D eigenvalue weighted by Crippen LogP contribution is 2.29. The molecule has 0 bridgehead atoms. The highest BCUT2D eigenvalue weighted by molar-refractivity contribution is 5.70. The highest BCUT2D eigenvalue weighted by atomic mass is 16.6. The normalized spacial score (nSPS) is 24.8. The molecule has 1 atom stereocenters. The number of hydrogen-bond acceptors (Lipinski definition) is 4. The summed E-state index contributed by atoms with van der Waals surface area (Å²) in [5.41, 5.74) is -0.254. The van der Waals surface area contributed by atoms with Gasteiger partial charge in [0.2, 0.25) is 0 Å². The van der Waals surface area contributed by atoms with Gasteiger partial charge in [-0.3, -0.25) is 4.90 Å². The Hall–Kier alpha value is -1.49. The largest absolute Gasteiger partial charge is 0.444 e. The summed E-state index contributed by atoms with van der Waals surface area (Å²) in [4.78, 5) is 13.7. The lowest BCUT2D eigenvalue weighted by Crippen LogP contribution is -2.60. The van der Waals surface area contributed by atoms with Gasteiger partial charge in [-0.05, 0) is 27.7 Å². The first kappa shape index (κ1) is 14.6. The predicted octanol–water partition coefficient (Wildman–Crippen LogP) is 2.22. The lowest BCUT2D eigenvalue weighted by atomic mass is 10.1. The molecule has 0 saturated carbocycles. The number of carbonyl (C=O) groups is 1. The summed E-state index contributed by atoms with van der Waals surface area (Å²) in [5.74, 6) is 0. The van der Waals surface area contributed by atoms with Gasteiger partial charge < -0.3 is 14.8 Å². The predicted molar refractivity (Wildman–Crippen MR) is 69.8 cm³/mol. The maximum Gasteiger partial charge on any atom is 0.413 e.